The summed E-state index contributed by atoms with van der Waals surface area (Å²) in [6.45, 7) is 7.32. The number of carbonyl (C=O) groups excluding carboxylic acids is 1. The number of aromatic amines is 1. The van der Waals surface area contributed by atoms with Crippen LogP contribution in [0.4, 0.5) is 5.69 Å². The van der Waals surface area contributed by atoms with Crippen LogP contribution in [0, 0.1) is 6.92 Å². The van der Waals surface area contributed by atoms with E-state index in [1.54, 1.807) is 6.20 Å². The van der Waals surface area contributed by atoms with Crippen LogP contribution in [-0.2, 0) is 4.74 Å². The van der Waals surface area contributed by atoms with Crippen molar-refractivity contribution in [2.24, 2.45) is 0 Å². The predicted octanol–water partition coefficient (Wildman–Crippen LogP) is 2.41. The number of hydrogen-bond donors (Lipinski definition) is 2. The highest BCUT2D eigenvalue weighted by atomic mass is 16.6. The number of esters is 1. The largest absolute Gasteiger partial charge is 0.456 e. The Balaban J connectivity index is 2.58. The average molecular weight is 247 g/mol. The summed E-state index contributed by atoms with van der Waals surface area (Å²) in [6, 6.07) is 1.89. The van der Waals surface area contributed by atoms with Gasteiger partial charge >= 0.3 is 5.97 Å². The van der Waals surface area contributed by atoms with E-state index in [0.29, 0.717) is 16.8 Å². The van der Waals surface area contributed by atoms with Gasteiger partial charge in [-0.15, -0.1) is 0 Å². The number of benzene rings is 1. The van der Waals surface area contributed by atoms with Crippen LogP contribution in [0.25, 0.3) is 10.9 Å². The molecule has 0 fully saturated rings. The molecule has 96 valence electrons. The molecule has 0 amide bonds. The molecule has 5 nitrogen and oxygen atoms in total. The molecule has 3 N–H and O–H groups in total. The molecule has 0 aliphatic carbocycles. The van der Waals surface area contributed by atoms with Crippen LogP contribution in [0.15, 0.2) is 12.3 Å². The van der Waals surface area contributed by atoms with E-state index in [2.05, 4.69) is 10.2 Å². The zero-order chi connectivity index (χ0) is 13.5. The Morgan fingerprint density at radius 2 is 2.11 bits per heavy atom. The Morgan fingerprint density at radius 3 is 2.72 bits per heavy atom. The predicted molar refractivity (Wildman–Crippen MR) is 70.4 cm³/mol. The lowest BCUT2D eigenvalue weighted by Gasteiger charge is -2.20. The minimum absolute atomic E-state index is 0.359. The average Bonchev–Trinajstić information content (AvgIpc) is 2.63. The maximum Gasteiger partial charge on any atom is 0.342 e. The smallest absolute Gasteiger partial charge is 0.342 e. The van der Waals surface area contributed by atoms with Gasteiger partial charge in [0.05, 0.1) is 17.4 Å². The number of ether oxygens (including phenoxy) is 1. The molecular weight excluding hydrogens is 230 g/mol. The van der Waals surface area contributed by atoms with E-state index in [4.69, 9.17) is 10.5 Å². The molecular formula is C13H17N3O2. The Hall–Kier alpha value is -2.04. The second-order valence-electron chi connectivity index (χ2n) is 5.32. The molecule has 0 spiro atoms. The van der Waals surface area contributed by atoms with Crippen LogP contribution in [0.3, 0.4) is 0 Å². The van der Waals surface area contributed by atoms with E-state index in [0.717, 1.165) is 10.9 Å². The molecule has 0 saturated heterocycles. The summed E-state index contributed by atoms with van der Waals surface area (Å²) >= 11 is 0. The van der Waals surface area contributed by atoms with Crippen molar-refractivity contribution in [3.05, 3.63) is 23.4 Å². The Morgan fingerprint density at radius 1 is 1.44 bits per heavy atom. The fourth-order valence-electron chi connectivity index (χ4n) is 1.79. The number of nitrogens with one attached hydrogen (secondary N) is 1. The maximum atomic E-state index is 12.2. The number of anilines is 1. The summed E-state index contributed by atoms with van der Waals surface area (Å²) in [4.78, 5) is 12.2. The topological polar surface area (TPSA) is 81.0 Å². The van der Waals surface area contributed by atoms with Gasteiger partial charge in [-0.2, -0.15) is 5.10 Å². The van der Waals surface area contributed by atoms with Gasteiger partial charge in [-0.05, 0) is 39.3 Å². The lowest BCUT2D eigenvalue weighted by atomic mass is 10.0. The Kier molecular flexibility index (Phi) is 2.77. The maximum absolute atomic E-state index is 12.2. The molecule has 5 heteroatoms. The second kappa shape index (κ2) is 4.01. The van der Waals surface area contributed by atoms with Crippen molar-refractivity contribution in [3.8, 4) is 0 Å². The first-order chi connectivity index (χ1) is 8.29. The number of nitrogen functional groups attached to an aromatic ring is 1. The molecule has 0 aliphatic rings. The van der Waals surface area contributed by atoms with Gasteiger partial charge in [0.15, 0.2) is 0 Å². The molecule has 0 atom stereocenters. The number of fused-ring (bicyclic) bond motifs is 1. The van der Waals surface area contributed by atoms with Crippen molar-refractivity contribution in [2.45, 2.75) is 33.3 Å². The third-order valence-corrected chi connectivity index (χ3v) is 2.59. The van der Waals surface area contributed by atoms with Crippen molar-refractivity contribution in [2.75, 3.05) is 5.73 Å². The first kappa shape index (κ1) is 12.4. The number of rotatable bonds is 1. The highest BCUT2D eigenvalue weighted by Gasteiger charge is 2.23. The molecule has 0 saturated carbocycles. The molecule has 0 unspecified atom stereocenters. The number of aromatic nitrogens is 2. The number of nitrogens with zero attached hydrogens (tertiary/aromatic N) is 1. The number of carbonyl (C=O) groups is 1. The number of nitrogens with two attached hydrogens (primary N) is 1. The minimum atomic E-state index is -0.556. The molecule has 0 aliphatic heterocycles. The van der Waals surface area contributed by atoms with Crippen molar-refractivity contribution in [1.82, 2.24) is 10.2 Å². The van der Waals surface area contributed by atoms with E-state index in [1.807, 2.05) is 33.8 Å². The van der Waals surface area contributed by atoms with Crippen molar-refractivity contribution < 1.29 is 9.53 Å². The van der Waals surface area contributed by atoms with Gasteiger partial charge in [-0.25, -0.2) is 4.79 Å². The van der Waals surface area contributed by atoms with Gasteiger partial charge in [-0.1, -0.05) is 0 Å². The molecule has 2 aromatic rings. The van der Waals surface area contributed by atoms with Crippen LogP contribution in [0.1, 0.15) is 36.7 Å². The molecule has 1 aromatic carbocycles. The molecule has 0 radical (unpaired) electrons. The summed E-state index contributed by atoms with van der Waals surface area (Å²) in [5.74, 6) is -0.432. The quantitative estimate of drug-likeness (QED) is 0.599. The monoisotopic (exact) mass is 247 g/mol. The van der Waals surface area contributed by atoms with Crippen LogP contribution in [0.2, 0.25) is 0 Å². The standard InChI is InChI=1S/C13H17N3O2/c1-7-5-8-6-15-16-11(8)9(10(7)14)12(17)18-13(2,3)4/h5-6H,14H2,1-4H3,(H,15,16). The van der Waals surface area contributed by atoms with E-state index in [9.17, 15) is 4.79 Å². The van der Waals surface area contributed by atoms with Crippen molar-refractivity contribution >= 4 is 22.6 Å². The second-order valence-corrected chi connectivity index (χ2v) is 5.32. The van der Waals surface area contributed by atoms with E-state index < -0.39 is 11.6 Å². The zero-order valence-electron chi connectivity index (χ0n) is 11.0. The number of hydrogen-bond acceptors (Lipinski definition) is 4. The molecule has 0 bridgehead atoms. The van der Waals surface area contributed by atoms with Gasteiger partial charge in [0.25, 0.3) is 0 Å². The van der Waals surface area contributed by atoms with E-state index in [-0.39, 0.29) is 0 Å². The van der Waals surface area contributed by atoms with Crippen LogP contribution < -0.4 is 5.73 Å². The third kappa shape index (κ3) is 2.16. The lowest BCUT2D eigenvalue weighted by Crippen LogP contribution is -2.24. The molecule has 2 rings (SSSR count). The van der Waals surface area contributed by atoms with Gasteiger partial charge < -0.3 is 10.5 Å². The van der Waals surface area contributed by atoms with Crippen molar-refractivity contribution in [3.63, 3.8) is 0 Å². The SMILES string of the molecule is Cc1cc2cn[nH]c2c(C(=O)OC(C)(C)C)c1N. The summed E-state index contributed by atoms with van der Waals surface area (Å²) in [5, 5.41) is 7.58. The number of H-pyrrole nitrogens is 1. The Labute approximate surface area is 105 Å². The highest BCUT2D eigenvalue weighted by molar-refractivity contribution is 6.08. The first-order valence-corrected chi connectivity index (χ1v) is 5.75. The first-order valence-electron chi connectivity index (χ1n) is 5.75. The summed E-state index contributed by atoms with van der Waals surface area (Å²) in [5.41, 5.74) is 7.67. The van der Waals surface area contributed by atoms with Crippen LogP contribution in [0.5, 0.6) is 0 Å². The molecule has 1 heterocycles. The molecule has 1 aromatic heterocycles. The van der Waals surface area contributed by atoms with Gasteiger partial charge in [0.2, 0.25) is 0 Å². The van der Waals surface area contributed by atoms with E-state index in [1.165, 1.54) is 0 Å². The summed E-state index contributed by atoms with van der Waals surface area (Å²) < 4.78 is 5.37. The molecule has 18 heavy (non-hydrogen) atoms. The lowest BCUT2D eigenvalue weighted by molar-refractivity contribution is 0.00728. The third-order valence-electron chi connectivity index (χ3n) is 2.59. The van der Waals surface area contributed by atoms with Crippen LogP contribution >= 0.6 is 0 Å². The van der Waals surface area contributed by atoms with E-state index >= 15 is 0 Å². The normalized spacial score (nSPS) is 11.8. The van der Waals surface area contributed by atoms with Gasteiger partial charge in [0, 0.05) is 5.39 Å². The fourth-order valence-corrected chi connectivity index (χ4v) is 1.79. The summed E-state index contributed by atoms with van der Waals surface area (Å²) in [7, 11) is 0. The minimum Gasteiger partial charge on any atom is -0.456 e. The van der Waals surface area contributed by atoms with Crippen LogP contribution in [-0.4, -0.2) is 21.8 Å². The highest BCUT2D eigenvalue weighted by Crippen LogP contribution is 2.28. The zero-order valence-corrected chi connectivity index (χ0v) is 11.0. The van der Waals surface area contributed by atoms with Gasteiger partial charge in [0.1, 0.15) is 11.2 Å². The van der Waals surface area contributed by atoms with Crippen molar-refractivity contribution in [1.29, 1.82) is 0 Å². The fraction of sp³-hybridized carbons (Fsp3) is 0.385. The van der Waals surface area contributed by atoms with Gasteiger partial charge in [-0.3, -0.25) is 5.10 Å². The Bertz CT molecular complexity index is 608. The number of aryl methyl sites for hydroxylation is 1. The summed E-state index contributed by atoms with van der Waals surface area (Å²) in [6.07, 6.45) is 1.66.